The fourth-order valence-electron chi connectivity index (χ4n) is 4.58. The second-order valence-electron chi connectivity index (χ2n) is 9.38. The molecular formula is C29H30N6O2S. The topological polar surface area (TPSA) is 119 Å². The summed E-state index contributed by atoms with van der Waals surface area (Å²) in [5, 5.41) is 5.45. The minimum absolute atomic E-state index is 0.0595. The Balaban J connectivity index is 1.25. The SMILES string of the molecule is Cn1ccc(C(=O)CCCCC[C@H](NC(=O)c2cncs2)c2ncc(-c3ccc4ccccc4c3)[nH]2)c1N. The van der Waals surface area contributed by atoms with Crippen LogP contribution in [0.5, 0.6) is 0 Å². The first-order chi connectivity index (χ1) is 18.5. The smallest absolute Gasteiger partial charge is 0.263 e. The summed E-state index contributed by atoms with van der Waals surface area (Å²) in [6, 6.07) is 16.0. The van der Waals surface area contributed by atoms with Gasteiger partial charge < -0.3 is 20.6 Å². The molecule has 3 aromatic heterocycles. The number of hydrogen-bond acceptors (Lipinski definition) is 6. The van der Waals surface area contributed by atoms with Crippen molar-refractivity contribution in [2.45, 2.75) is 38.1 Å². The van der Waals surface area contributed by atoms with Crippen molar-refractivity contribution in [2.24, 2.45) is 7.05 Å². The molecule has 1 amide bonds. The van der Waals surface area contributed by atoms with Crippen LogP contribution >= 0.6 is 11.3 Å². The van der Waals surface area contributed by atoms with Crippen molar-refractivity contribution in [3.05, 3.63) is 88.9 Å². The molecule has 38 heavy (non-hydrogen) atoms. The van der Waals surface area contributed by atoms with Crippen molar-refractivity contribution in [1.82, 2.24) is 24.8 Å². The minimum atomic E-state index is -0.292. The lowest BCUT2D eigenvalue weighted by Gasteiger charge is -2.16. The maximum Gasteiger partial charge on any atom is 0.263 e. The van der Waals surface area contributed by atoms with Crippen LogP contribution in [-0.4, -0.2) is 31.2 Å². The van der Waals surface area contributed by atoms with E-state index in [1.54, 1.807) is 28.5 Å². The number of thiazole rings is 1. The van der Waals surface area contributed by atoms with Crippen LogP contribution in [0.15, 0.2) is 72.6 Å². The van der Waals surface area contributed by atoms with Gasteiger partial charge in [0.2, 0.25) is 0 Å². The van der Waals surface area contributed by atoms with Gasteiger partial charge in [0.1, 0.15) is 16.5 Å². The zero-order valence-corrected chi connectivity index (χ0v) is 22.0. The lowest BCUT2D eigenvalue weighted by atomic mass is 10.0. The Hall–Kier alpha value is -4.24. The van der Waals surface area contributed by atoms with Gasteiger partial charge in [-0.15, -0.1) is 11.3 Å². The second-order valence-corrected chi connectivity index (χ2v) is 10.3. The molecular weight excluding hydrogens is 496 g/mol. The largest absolute Gasteiger partial charge is 0.385 e. The average Bonchev–Trinajstić information content (AvgIpc) is 3.70. The van der Waals surface area contributed by atoms with Crippen molar-refractivity contribution in [2.75, 3.05) is 5.73 Å². The number of rotatable bonds is 11. The molecule has 4 N–H and O–H groups in total. The van der Waals surface area contributed by atoms with E-state index in [9.17, 15) is 9.59 Å². The Morgan fingerprint density at radius 2 is 1.92 bits per heavy atom. The van der Waals surface area contributed by atoms with E-state index in [2.05, 4.69) is 50.6 Å². The number of unbranched alkanes of at least 4 members (excludes halogenated alkanes) is 2. The number of imidazole rings is 1. The van der Waals surface area contributed by atoms with Crippen LogP contribution in [0.4, 0.5) is 5.82 Å². The standard InChI is InChI=1S/C29H30N6O2S/c1-35-14-13-22(27(35)30)25(36)10-4-2-3-9-23(34-29(37)26-17-31-18-38-26)28-32-16-24(33-28)21-12-11-19-7-5-6-8-20(19)15-21/h5-8,11-18,23H,2-4,9-10,30H2,1H3,(H,32,33)(H,34,37)/t23-/m0/s1. The number of nitrogens with zero attached hydrogens (tertiary/aromatic N) is 3. The molecule has 0 bridgehead atoms. The van der Waals surface area contributed by atoms with Gasteiger partial charge in [0, 0.05) is 25.2 Å². The first-order valence-corrected chi connectivity index (χ1v) is 13.5. The Morgan fingerprint density at radius 3 is 2.68 bits per heavy atom. The molecule has 0 fully saturated rings. The number of carbonyl (C=O) groups is 2. The van der Waals surface area contributed by atoms with Crippen molar-refractivity contribution >= 4 is 39.6 Å². The number of aromatic amines is 1. The Labute approximate surface area is 224 Å². The quantitative estimate of drug-likeness (QED) is 0.146. The van der Waals surface area contributed by atoms with Gasteiger partial charge in [-0.25, -0.2) is 4.98 Å². The average molecular weight is 527 g/mol. The van der Waals surface area contributed by atoms with Crippen LogP contribution in [0.3, 0.4) is 0 Å². The maximum atomic E-state index is 12.8. The van der Waals surface area contributed by atoms with Gasteiger partial charge in [-0.3, -0.25) is 14.6 Å². The molecule has 194 valence electrons. The summed E-state index contributed by atoms with van der Waals surface area (Å²) in [5.74, 6) is 1.10. The number of benzene rings is 2. The van der Waals surface area contributed by atoms with Crippen LogP contribution in [-0.2, 0) is 7.05 Å². The van der Waals surface area contributed by atoms with Gasteiger partial charge >= 0.3 is 0 Å². The summed E-state index contributed by atoms with van der Waals surface area (Å²) >= 11 is 1.30. The summed E-state index contributed by atoms with van der Waals surface area (Å²) in [6.07, 6.45) is 8.75. The highest BCUT2D eigenvalue weighted by atomic mass is 32.1. The number of nitrogens with one attached hydrogen (secondary N) is 2. The molecule has 9 heteroatoms. The van der Waals surface area contributed by atoms with Crippen LogP contribution in [0.1, 0.15) is 64.0 Å². The van der Waals surface area contributed by atoms with Crippen molar-refractivity contribution in [3.63, 3.8) is 0 Å². The molecule has 0 aliphatic heterocycles. The number of Topliss-reactive ketones (excluding diaryl/α,β-unsaturated/α-hetero) is 1. The molecule has 3 heterocycles. The fraction of sp³-hybridized carbons (Fsp3) is 0.241. The number of H-pyrrole nitrogens is 1. The molecule has 5 rings (SSSR count). The Kier molecular flexibility index (Phi) is 7.65. The van der Waals surface area contributed by atoms with E-state index >= 15 is 0 Å². The summed E-state index contributed by atoms with van der Waals surface area (Å²) in [6.45, 7) is 0. The Morgan fingerprint density at radius 1 is 1.08 bits per heavy atom. The van der Waals surface area contributed by atoms with E-state index in [4.69, 9.17) is 5.73 Å². The number of hydrogen-bond donors (Lipinski definition) is 3. The third-order valence-electron chi connectivity index (χ3n) is 6.77. The third-order valence-corrected chi connectivity index (χ3v) is 7.54. The van der Waals surface area contributed by atoms with Gasteiger partial charge in [0.15, 0.2) is 5.78 Å². The van der Waals surface area contributed by atoms with Gasteiger partial charge in [0.05, 0.1) is 35.2 Å². The Bertz CT molecular complexity index is 1550. The molecule has 0 saturated carbocycles. The van der Waals surface area contributed by atoms with Crippen molar-refractivity contribution < 1.29 is 9.59 Å². The zero-order valence-electron chi connectivity index (χ0n) is 21.2. The minimum Gasteiger partial charge on any atom is -0.385 e. The third kappa shape index (κ3) is 5.68. The number of amides is 1. The van der Waals surface area contributed by atoms with E-state index in [1.807, 2.05) is 25.4 Å². The summed E-state index contributed by atoms with van der Waals surface area (Å²) < 4.78 is 1.75. The second kappa shape index (κ2) is 11.4. The van der Waals surface area contributed by atoms with E-state index in [0.717, 1.165) is 35.9 Å². The first-order valence-electron chi connectivity index (χ1n) is 12.7. The zero-order chi connectivity index (χ0) is 26.5. The van der Waals surface area contributed by atoms with Crippen LogP contribution in [0, 0.1) is 0 Å². The molecule has 8 nitrogen and oxygen atoms in total. The van der Waals surface area contributed by atoms with Crippen molar-refractivity contribution in [1.29, 1.82) is 0 Å². The van der Waals surface area contributed by atoms with Gasteiger partial charge in [-0.05, 0) is 35.7 Å². The van der Waals surface area contributed by atoms with Crippen LogP contribution in [0.25, 0.3) is 22.0 Å². The van der Waals surface area contributed by atoms with Gasteiger partial charge in [-0.1, -0.05) is 49.2 Å². The maximum absolute atomic E-state index is 12.8. The van der Waals surface area contributed by atoms with Crippen molar-refractivity contribution in [3.8, 4) is 11.3 Å². The molecule has 0 aliphatic rings. The summed E-state index contributed by atoms with van der Waals surface area (Å²) in [5.41, 5.74) is 10.1. The lowest BCUT2D eigenvalue weighted by Crippen LogP contribution is -2.28. The number of nitrogens with two attached hydrogens (primary N) is 1. The molecule has 0 radical (unpaired) electrons. The molecule has 0 unspecified atom stereocenters. The van der Waals surface area contributed by atoms with E-state index in [-0.39, 0.29) is 17.7 Å². The number of aryl methyl sites for hydroxylation is 1. The van der Waals surface area contributed by atoms with E-state index in [0.29, 0.717) is 34.9 Å². The number of carbonyl (C=O) groups excluding carboxylic acids is 2. The number of aromatic nitrogens is 4. The molecule has 0 saturated heterocycles. The highest BCUT2D eigenvalue weighted by Crippen LogP contribution is 2.26. The first kappa shape index (κ1) is 25.4. The number of nitrogen functional groups attached to an aromatic ring is 1. The number of fused-ring (bicyclic) bond motifs is 1. The highest BCUT2D eigenvalue weighted by molar-refractivity contribution is 7.11. The normalized spacial score (nSPS) is 12.0. The van der Waals surface area contributed by atoms with Gasteiger partial charge in [-0.2, -0.15) is 0 Å². The van der Waals surface area contributed by atoms with Crippen LogP contribution in [0.2, 0.25) is 0 Å². The van der Waals surface area contributed by atoms with E-state index < -0.39 is 0 Å². The molecule has 0 aliphatic carbocycles. The summed E-state index contributed by atoms with van der Waals surface area (Å²) in [7, 11) is 1.83. The highest BCUT2D eigenvalue weighted by Gasteiger charge is 2.20. The summed E-state index contributed by atoms with van der Waals surface area (Å²) in [4.78, 5) is 38.0. The number of anilines is 1. The van der Waals surface area contributed by atoms with Gasteiger partial charge in [0.25, 0.3) is 5.91 Å². The molecule has 0 spiro atoms. The van der Waals surface area contributed by atoms with Crippen LogP contribution < -0.4 is 11.1 Å². The number of ketones is 1. The fourth-order valence-corrected chi connectivity index (χ4v) is 5.10. The molecule has 1 atom stereocenters. The van der Waals surface area contributed by atoms with E-state index in [1.165, 1.54) is 16.7 Å². The molecule has 2 aromatic carbocycles. The predicted octanol–water partition coefficient (Wildman–Crippen LogP) is 5.91. The lowest BCUT2D eigenvalue weighted by molar-refractivity contribution is 0.0935. The monoisotopic (exact) mass is 526 g/mol. The predicted molar refractivity (Wildman–Crippen MR) is 151 cm³/mol. The molecule has 5 aromatic rings.